The van der Waals surface area contributed by atoms with Crippen molar-refractivity contribution >= 4 is 23.8 Å². The summed E-state index contributed by atoms with van der Waals surface area (Å²) in [6.45, 7) is 7.27. The molecule has 2 aliphatic heterocycles. The monoisotopic (exact) mass is 300 g/mol. The third-order valence-corrected chi connectivity index (χ3v) is 5.17. The van der Waals surface area contributed by atoms with Gasteiger partial charge in [0.15, 0.2) is 0 Å². The number of carbonyl (C=O) groups is 2. The van der Waals surface area contributed by atoms with Crippen molar-refractivity contribution in [3.8, 4) is 0 Å². The normalized spacial score (nSPS) is 31.2. The van der Waals surface area contributed by atoms with Crippen molar-refractivity contribution in [1.82, 2.24) is 9.80 Å². The Morgan fingerprint density at radius 3 is 2.40 bits per heavy atom. The van der Waals surface area contributed by atoms with Gasteiger partial charge in [-0.1, -0.05) is 13.8 Å². The zero-order valence-electron chi connectivity index (χ0n) is 12.2. The molecule has 6 heteroatoms. The fourth-order valence-corrected chi connectivity index (χ4v) is 4.51. The molecule has 0 radical (unpaired) electrons. The second-order valence-corrected chi connectivity index (χ2v) is 7.88. The van der Waals surface area contributed by atoms with Gasteiger partial charge >= 0.3 is 12.0 Å². The van der Waals surface area contributed by atoms with Crippen molar-refractivity contribution in [2.45, 2.75) is 43.6 Å². The van der Waals surface area contributed by atoms with Gasteiger partial charge in [0.05, 0.1) is 0 Å². The topological polar surface area (TPSA) is 60.9 Å². The summed E-state index contributed by atoms with van der Waals surface area (Å²) in [4.78, 5) is 27.2. The number of piperidine rings is 1. The van der Waals surface area contributed by atoms with Crippen LogP contribution in [-0.4, -0.2) is 63.6 Å². The Morgan fingerprint density at radius 1 is 1.15 bits per heavy atom. The molecule has 0 aromatic heterocycles. The fraction of sp³-hybridized carbons (Fsp3) is 0.857. The fourth-order valence-electron chi connectivity index (χ4n) is 3.19. The van der Waals surface area contributed by atoms with E-state index < -0.39 is 5.97 Å². The largest absolute Gasteiger partial charge is 0.481 e. The van der Waals surface area contributed by atoms with Gasteiger partial charge < -0.3 is 14.9 Å². The number of rotatable bonds is 2. The molecule has 2 rings (SSSR count). The minimum atomic E-state index is -0.763. The van der Waals surface area contributed by atoms with Gasteiger partial charge in [-0.3, -0.25) is 4.79 Å². The van der Waals surface area contributed by atoms with Crippen LogP contribution < -0.4 is 0 Å². The number of carboxylic acid groups (broad SMARTS) is 1. The Labute approximate surface area is 124 Å². The van der Waals surface area contributed by atoms with Gasteiger partial charge in [0, 0.05) is 43.1 Å². The quantitative estimate of drug-likeness (QED) is 0.848. The highest BCUT2D eigenvalue weighted by Gasteiger charge is 2.31. The van der Waals surface area contributed by atoms with Crippen LogP contribution in [0.5, 0.6) is 0 Å². The molecule has 5 nitrogen and oxygen atoms in total. The molecular formula is C14H24N2O3S. The first-order valence-corrected chi connectivity index (χ1v) is 8.31. The number of thioether (sulfide) groups is 1. The van der Waals surface area contributed by atoms with E-state index in [0.29, 0.717) is 17.0 Å². The molecule has 2 saturated heterocycles. The van der Waals surface area contributed by atoms with Crippen LogP contribution in [0.25, 0.3) is 0 Å². The predicted octanol–water partition coefficient (Wildman–Crippen LogP) is 2.12. The zero-order chi connectivity index (χ0) is 14.7. The number of carboxylic acids is 1. The van der Waals surface area contributed by atoms with Crippen LogP contribution in [0, 0.1) is 5.92 Å². The lowest BCUT2D eigenvalue weighted by Gasteiger charge is -2.40. The van der Waals surface area contributed by atoms with Crippen LogP contribution in [0.4, 0.5) is 4.79 Å². The van der Waals surface area contributed by atoms with E-state index >= 15 is 0 Å². The molecule has 2 amide bonds. The van der Waals surface area contributed by atoms with Crippen molar-refractivity contribution in [1.29, 1.82) is 0 Å². The average Bonchev–Trinajstić information content (AvgIpc) is 2.36. The Hall–Kier alpha value is -0.910. The minimum absolute atomic E-state index is 0.0964. The van der Waals surface area contributed by atoms with Gasteiger partial charge in [-0.25, -0.2) is 4.79 Å². The standard InChI is InChI=1S/C14H24N2O3S/c1-10-7-16(8-11(2)20-10)14(19)15-5-3-4-12(9-15)6-13(17)18/h10-12H,3-9H2,1-2H3,(H,17,18). The molecule has 20 heavy (non-hydrogen) atoms. The van der Waals surface area contributed by atoms with Crippen LogP contribution >= 0.6 is 11.8 Å². The van der Waals surface area contributed by atoms with Crippen LogP contribution in [0.1, 0.15) is 33.1 Å². The van der Waals surface area contributed by atoms with Gasteiger partial charge in [0.1, 0.15) is 0 Å². The molecule has 2 heterocycles. The molecule has 3 atom stereocenters. The number of likely N-dealkylation sites (tertiary alicyclic amines) is 1. The summed E-state index contributed by atoms with van der Waals surface area (Å²) in [5.41, 5.74) is 0. The molecule has 0 spiro atoms. The summed E-state index contributed by atoms with van der Waals surface area (Å²) in [5.74, 6) is -0.653. The predicted molar refractivity (Wildman–Crippen MR) is 80.0 cm³/mol. The summed E-state index contributed by atoms with van der Waals surface area (Å²) in [6.07, 6.45) is 2.00. The van der Waals surface area contributed by atoms with Crippen LogP contribution in [0.3, 0.4) is 0 Å². The van der Waals surface area contributed by atoms with Crippen LogP contribution in [0.2, 0.25) is 0 Å². The molecule has 0 aliphatic carbocycles. The number of urea groups is 1. The smallest absolute Gasteiger partial charge is 0.320 e. The van der Waals surface area contributed by atoms with E-state index in [2.05, 4.69) is 13.8 Å². The van der Waals surface area contributed by atoms with E-state index in [4.69, 9.17) is 5.11 Å². The van der Waals surface area contributed by atoms with E-state index in [0.717, 1.165) is 32.5 Å². The maximum Gasteiger partial charge on any atom is 0.320 e. The van der Waals surface area contributed by atoms with E-state index in [9.17, 15) is 9.59 Å². The number of nitrogens with zero attached hydrogens (tertiary/aromatic N) is 2. The SMILES string of the molecule is CC1CN(C(=O)N2CCCC(CC(=O)O)C2)CC(C)S1. The summed E-state index contributed by atoms with van der Waals surface area (Å²) in [5, 5.41) is 9.84. The van der Waals surface area contributed by atoms with Gasteiger partial charge in [0.25, 0.3) is 0 Å². The molecule has 2 aliphatic rings. The summed E-state index contributed by atoms with van der Waals surface area (Å²) < 4.78 is 0. The van der Waals surface area contributed by atoms with Crippen molar-refractivity contribution in [3.63, 3.8) is 0 Å². The second kappa shape index (κ2) is 6.70. The molecule has 0 aromatic rings. The Kier molecular flexibility index (Phi) is 5.18. The number of hydrogen-bond donors (Lipinski definition) is 1. The second-order valence-electron chi connectivity index (χ2n) is 6.00. The average molecular weight is 300 g/mol. The van der Waals surface area contributed by atoms with Crippen molar-refractivity contribution in [2.75, 3.05) is 26.2 Å². The minimum Gasteiger partial charge on any atom is -0.481 e. The highest BCUT2D eigenvalue weighted by atomic mass is 32.2. The first-order chi connectivity index (χ1) is 9.45. The lowest BCUT2D eigenvalue weighted by atomic mass is 9.95. The lowest BCUT2D eigenvalue weighted by molar-refractivity contribution is -0.138. The van der Waals surface area contributed by atoms with Crippen molar-refractivity contribution in [3.05, 3.63) is 0 Å². The third kappa shape index (κ3) is 4.04. The summed E-state index contributed by atoms with van der Waals surface area (Å²) in [6, 6.07) is 0.0964. The van der Waals surface area contributed by atoms with Gasteiger partial charge in [0.2, 0.25) is 0 Å². The van der Waals surface area contributed by atoms with Crippen LogP contribution in [-0.2, 0) is 4.79 Å². The molecule has 114 valence electrons. The Morgan fingerprint density at radius 2 is 1.80 bits per heavy atom. The van der Waals surface area contributed by atoms with Gasteiger partial charge in [-0.05, 0) is 18.8 Å². The highest BCUT2D eigenvalue weighted by molar-refractivity contribution is 8.00. The first kappa shape index (κ1) is 15.5. The van der Waals surface area contributed by atoms with E-state index in [-0.39, 0.29) is 18.4 Å². The molecular weight excluding hydrogens is 276 g/mol. The number of aliphatic carboxylic acids is 1. The number of carbonyl (C=O) groups excluding carboxylic acids is 1. The molecule has 2 fully saturated rings. The zero-order valence-corrected chi connectivity index (χ0v) is 13.1. The van der Waals surface area contributed by atoms with Crippen molar-refractivity contribution < 1.29 is 14.7 Å². The van der Waals surface area contributed by atoms with Gasteiger partial charge in [-0.2, -0.15) is 11.8 Å². The summed E-state index contributed by atoms with van der Waals surface area (Å²) in [7, 11) is 0. The van der Waals surface area contributed by atoms with Crippen LogP contribution in [0.15, 0.2) is 0 Å². The Bertz CT molecular complexity index is 367. The van der Waals surface area contributed by atoms with Crippen molar-refractivity contribution in [2.24, 2.45) is 5.92 Å². The third-order valence-electron chi connectivity index (χ3n) is 3.94. The highest BCUT2D eigenvalue weighted by Crippen LogP contribution is 2.27. The maximum absolute atomic E-state index is 12.6. The number of hydrogen-bond acceptors (Lipinski definition) is 3. The number of amides is 2. The molecule has 3 unspecified atom stereocenters. The Balaban J connectivity index is 1.92. The maximum atomic E-state index is 12.6. The molecule has 0 saturated carbocycles. The van der Waals surface area contributed by atoms with Gasteiger partial charge in [-0.15, -0.1) is 0 Å². The summed E-state index contributed by atoms with van der Waals surface area (Å²) >= 11 is 1.93. The van der Waals surface area contributed by atoms with E-state index in [1.165, 1.54) is 0 Å². The van der Waals surface area contributed by atoms with E-state index in [1.54, 1.807) is 0 Å². The molecule has 0 bridgehead atoms. The molecule has 0 aromatic carbocycles. The lowest BCUT2D eigenvalue weighted by Crippen LogP contribution is -2.52. The molecule has 1 N–H and O–H groups in total. The first-order valence-electron chi connectivity index (χ1n) is 7.36. The van der Waals surface area contributed by atoms with E-state index in [1.807, 2.05) is 21.6 Å².